The largest absolute Gasteiger partial charge is 0.497 e. The Kier molecular flexibility index (Phi) is 6.94. The highest BCUT2D eigenvalue weighted by molar-refractivity contribution is 7.89. The normalized spacial score (nSPS) is 11.3. The van der Waals surface area contributed by atoms with Gasteiger partial charge in [-0.05, 0) is 67.1 Å². The van der Waals surface area contributed by atoms with Crippen LogP contribution in [0.2, 0.25) is 5.02 Å². The number of methoxy groups -OCH3 is 1. The number of rotatable bonds is 7. The molecule has 0 bridgehead atoms. The molecule has 3 rings (SSSR count). The summed E-state index contributed by atoms with van der Waals surface area (Å²) >= 11 is 6.19. The fourth-order valence-corrected chi connectivity index (χ4v) is 3.53. The van der Waals surface area contributed by atoms with Crippen LogP contribution in [0.5, 0.6) is 11.5 Å². The van der Waals surface area contributed by atoms with E-state index in [2.05, 4.69) is 9.93 Å². The summed E-state index contributed by atoms with van der Waals surface area (Å²) in [4.78, 5) is 14.5. The van der Waals surface area contributed by atoms with Gasteiger partial charge in [-0.15, -0.1) is 0 Å². The van der Waals surface area contributed by atoms with Crippen molar-refractivity contribution in [3.05, 3.63) is 88.4 Å². The van der Waals surface area contributed by atoms with Gasteiger partial charge in [0.05, 0.1) is 28.8 Å². The third kappa shape index (κ3) is 5.84. The van der Waals surface area contributed by atoms with Crippen molar-refractivity contribution in [3.63, 3.8) is 0 Å². The van der Waals surface area contributed by atoms with E-state index in [0.29, 0.717) is 16.9 Å². The fraction of sp³-hybridized carbons (Fsp3) is 0.0909. The molecule has 0 fully saturated rings. The molecule has 0 spiro atoms. The van der Waals surface area contributed by atoms with Gasteiger partial charge in [0.15, 0.2) is 0 Å². The van der Waals surface area contributed by atoms with Gasteiger partial charge in [-0.25, -0.2) is 9.63 Å². The lowest BCUT2D eigenvalue weighted by Crippen LogP contribution is -2.18. The van der Waals surface area contributed by atoms with E-state index in [9.17, 15) is 13.2 Å². The Morgan fingerprint density at radius 3 is 2.32 bits per heavy atom. The number of sulfonamides is 1. The van der Waals surface area contributed by atoms with E-state index in [1.807, 2.05) is 6.92 Å². The third-order valence-electron chi connectivity index (χ3n) is 4.20. The Labute approximate surface area is 185 Å². The first-order valence-corrected chi connectivity index (χ1v) is 10.9. The molecular weight excluding hydrogens is 440 g/mol. The standard InChI is InChI=1S/C22H19ClN2O5S/c1-15-3-10-19(11-4-15)31(27,28)25-24-14-16-5-12-21(20(23)13-16)30-22(26)17-6-8-18(29-2)9-7-17/h3-14,25H,1-2H3/b24-14-. The molecule has 0 saturated heterocycles. The van der Waals surface area contributed by atoms with Gasteiger partial charge in [-0.3, -0.25) is 0 Å². The lowest BCUT2D eigenvalue weighted by atomic mass is 10.2. The van der Waals surface area contributed by atoms with E-state index in [1.54, 1.807) is 42.5 Å². The van der Waals surface area contributed by atoms with Crippen LogP contribution in [-0.4, -0.2) is 27.7 Å². The third-order valence-corrected chi connectivity index (χ3v) is 5.74. The number of nitrogens with zero attached hydrogens (tertiary/aromatic N) is 1. The van der Waals surface area contributed by atoms with Crippen LogP contribution in [-0.2, 0) is 10.0 Å². The number of carbonyl (C=O) groups is 1. The SMILES string of the molecule is COc1ccc(C(=O)Oc2ccc(/C=N\NS(=O)(=O)c3ccc(C)cc3)cc2Cl)cc1. The number of benzene rings is 3. The van der Waals surface area contributed by atoms with Gasteiger partial charge in [0.2, 0.25) is 0 Å². The van der Waals surface area contributed by atoms with E-state index >= 15 is 0 Å². The highest BCUT2D eigenvalue weighted by Crippen LogP contribution is 2.26. The maximum atomic E-state index is 12.3. The number of halogens is 1. The summed E-state index contributed by atoms with van der Waals surface area (Å²) in [6.45, 7) is 1.86. The molecule has 0 radical (unpaired) electrons. The van der Waals surface area contributed by atoms with Crippen molar-refractivity contribution >= 4 is 33.8 Å². The monoisotopic (exact) mass is 458 g/mol. The Morgan fingerprint density at radius 1 is 1.03 bits per heavy atom. The molecule has 0 unspecified atom stereocenters. The number of hydrogen-bond donors (Lipinski definition) is 1. The minimum Gasteiger partial charge on any atom is -0.497 e. The number of aryl methyl sites for hydroxylation is 1. The van der Waals surface area contributed by atoms with Crippen LogP contribution < -0.4 is 14.3 Å². The number of nitrogens with one attached hydrogen (secondary N) is 1. The molecule has 0 aliphatic rings. The van der Waals surface area contributed by atoms with E-state index in [4.69, 9.17) is 21.1 Å². The molecule has 31 heavy (non-hydrogen) atoms. The molecule has 0 aliphatic heterocycles. The molecule has 0 aromatic heterocycles. The Hall–Kier alpha value is -3.36. The predicted octanol–water partition coefficient (Wildman–Crippen LogP) is 4.19. The highest BCUT2D eigenvalue weighted by Gasteiger charge is 2.13. The molecule has 7 nitrogen and oxygen atoms in total. The van der Waals surface area contributed by atoms with Crippen molar-refractivity contribution in [1.82, 2.24) is 4.83 Å². The zero-order valence-electron chi connectivity index (χ0n) is 16.7. The molecule has 0 atom stereocenters. The van der Waals surface area contributed by atoms with Gasteiger partial charge in [0, 0.05) is 0 Å². The molecule has 0 amide bonds. The second-order valence-corrected chi connectivity index (χ2v) is 8.54. The Bertz CT molecular complexity index is 1210. The van der Waals surface area contributed by atoms with E-state index in [-0.39, 0.29) is 15.7 Å². The van der Waals surface area contributed by atoms with Crippen molar-refractivity contribution in [2.75, 3.05) is 7.11 Å². The number of ether oxygens (including phenoxy) is 2. The van der Waals surface area contributed by atoms with Gasteiger partial charge in [-0.1, -0.05) is 29.3 Å². The van der Waals surface area contributed by atoms with Crippen molar-refractivity contribution in [2.45, 2.75) is 11.8 Å². The number of hydrazone groups is 1. The van der Waals surface area contributed by atoms with E-state index in [0.717, 1.165) is 5.56 Å². The average Bonchev–Trinajstić information content (AvgIpc) is 2.76. The molecule has 1 N–H and O–H groups in total. The minimum atomic E-state index is -3.78. The van der Waals surface area contributed by atoms with Crippen LogP contribution >= 0.6 is 11.6 Å². The predicted molar refractivity (Wildman–Crippen MR) is 118 cm³/mol. The summed E-state index contributed by atoms with van der Waals surface area (Å²) in [6.07, 6.45) is 1.30. The van der Waals surface area contributed by atoms with Crippen LogP contribution in [0.15, 0.2) is 76.7 Å². The molecule has 3 aromatic carbocycles. The highest BCUT2D eigenvalue weighted by atomic mass is 35.5. The van der Waals surface area contributed by atoms with Gasteiger partial charge >= 0.3 is 5.97 Å². The molecule has 3 aromatic rings. The summed E-state index contributed by atoms with van der Waals surface area (Å²) in [5, 5.41) is 3.94. The zero-order chi connectivity index (χ0) is 22.4. The van der Waals surface area contributed by atoms with E-state index in [1.165, 1.54) is 37.6 Å². The summed E-state index contributed by atoms with van der Waals surface area (Å²) in [7, 11) is -2.24. The maximum Gasteiger partial charge on any atom is 0.343 e. The second kappa shape index (κ2) is 9.63. The smallest absolute Gasteiger partial charge is 0.343 e. The fourth-order valence-electron chi connectivity index (χ4n) is 2.51. The van der Waals surface area contributed by atoms with Crippen molar-refractivity contribution in [1.29, 1.82) is 0 Å². The molecule has 0 saturated carbocycles. The number of hydrogen-bond acceptors (Lipinski definition) is 6. The maximum absolute atomic E-state index is 12.3. The summed E-state index contributed by atoms with van der Waals surface area (Å²) in [5.41, 5.74) is 1.80. The molecule has 0 heterocycles. The lowest BCUT2D eigenvalue weighted by Gasteiger charge is -2.08. The second-order valence-electron chi connectivity index (χ2n) is 6.47. The van der Waals surface area contributed by atoms with Gasteiger partial charge in [0.25, 0.3) is 10.0 Å². The molecular formula is C22H19ClN2O5S. The van der Waals surface area contributed by atoms with Crippen LogP contribution in [0.4, 0.5) is 0 Å². The topological polar surface area (TPSA) is 94.1 Å². The first-order valence-electron chi connectivity index (χ1n) is 9.06. The van der Waals surface area contributed by atoms with Crippen LogP contribution in [0.25, 0.3) is 0 Å². The first-order chi connectivity index (χ1) is 14.8. The van der Waals surface area contributed by atoms with E-state index < -0.39 is 16.0 Å². The molecule has 0 aliphatic carbocycles. The molecule has 9 heteroatoms. The first kappa shape index (κ1) is 22.3. The van der Waals surface area contributed by atoms with Crippen LogP contribution in [0.1, 0.15) is 21.5 Å². The quantitative estimate of drug-likeness (QED) is 0.248. The van der Waals surface area contributed by atoms with Crippen LogP contribution in [0.3, 0.4) is 0 Å². The van der Waals surface area contributed by atoms with Gasteiger partial charge in [-0.2, -0.15) is 13.5 Å². The van der Waals surface area contributed by atoms with Gasteiger partial charge < -0.3 is 9.47 Å². The van der Waals surface area contributed by atoms with Crippen molar-refractivity contribution in [2.24, 2.45) is 5.10 Å². The summed E-state index contributed by atoms with van der Waals surface area (Å²) in [6, 6.07) is 17.4. The summed E-state index contributed by atoms with van der Waals surface area (Å²) < 4.78 is 34.8. The van der Waals surface area contributed by atoms with Crippen molar-refractivity contribution < 1.29 is 22.7 Å². The van der Waals surface area contributed by atoms with Gasteiger partial charge in [0.1, 0.15) is 11.5 Å². The van der Waals surface area contributed by atoms with Crippen molar-refractivity contribution in [3.8, 4) is 11.5 Å². The number of carbonyl (C=O) groups excluding carboxylic acids is 1. The Balaban J connectivity index is 1.65. The summed E-state index contributed by atoms with van der Waals surface area (Å²) in [5.74, 6) is 0.216. The lowest BCUT2D eigenvalue weighted by molar-refractivity contribution is 0.0735. The number of esters is 1. The zero-order valence-corrected chi connectivity index (χ0v) is 18.3. The minimum absolute atomic E-state index is 0.106. The molecule has 160 valence electrons. The average molecular weight is 459 g/mol. The van der Waals surface area contributed by atoms with Crippen LogP contribution in [0, 0.1) is 6.92 Å². The Morgan fingerprint density at radius 2 is 1.71 bits per heavy atom.